The summed E-state index contributed by atoms with van der Waals surface area (Å²) in [5.41, 5.74) is -5.36. The molecule has 38 heavy (non-hydrogen) atoms. The van der Waals surface area contributed by atoms with Crippen LogP contribution in [0.2, 0.25) is 0 Å². The smallest absolute Gasteiger partial charge is 0.231 e. The maximum absolute atomic E-state index is 17.4. The summed E-state index contributed by atoms with van der Waals surface area (Å²) in [7, 11) is 0. The van der Waals surface area contributed by atoms with Crippen LogP contribution < -0.4 is 14.5 Å². The van der Waals surface area contributed by atoms with E-state index in [-0.39, 0.29) is 36.9 Å². The minimum atomic E-state index is -2.21. The Hall–Kier alpha value is -2.43. The third-order valence-corrected chi connectivity index (χ3v) is 10.9. The molecule has 10 heteroatoms. The molecule has 1 aromatic rings. The molecule has 1 N–H and O–H groups in total. The van der Waals surface area contributed by atoms with Crippen LogP contribution in [-0.4, -0.2) is 52.9 Å². The second kappa shape index (κ2) is 7.61. The van der Waals surface area contributed by atoms with Gasteiger partial charge < -0.3 is 14.6 Å². The van der Waals surface area contributed by atoms with Gasteiger partial charge in [-0.2, -0.15) is 0 Å². The second-order valence-corrected chi connectivity index (χ2v) is 12.4. The zero-order chi connectivity index (χ0) is 26.8. The van der Waals surface area contributed by atoms with Gasteiger partial charge in [0.1, 0.15) is 6.17 Å². The number of anilines is 1. The topological polar surface area (TPSA) is 85.3 Å². The number of nitrogens with zero attached hydrogens (tertiary/aromatic N) is 1. The molecular formula is C28H29F2NO6S. The van der Waals surface area contributed by atoms with Crippen molar-refractivity contribution in [2.45, 2.75) is 56.7 Å². The number of allylic oxidation sites excluding steroid dienone is 4. The van der Waals surface area contributed by atoms with Gasteiger partial charge in [0.15, 0.2) is 28.6 Å². The molecule has 4 fully saturated rings. The highest BCUT2D eigenvalue weighted by atomic mass is 32.1. The van der Waals surface area contributed by atoms with Gasteiger partial charge >= 0.3 is 0 Å². The van der Waals surface area contributed by atoms with E-state index in [1.54, 1.807) is 24.1 Å². The van der Waals surface area contributed by atoms with Gasteiger partial charge in [-0.1, -0.05) is 13.0 Å². The Kier molecular flexibility index (Phi) is 4.92. The van der Waals surface area contributed by atoms with E-state index in [4.69, 9.17) is 14.3 Å². The van der Waals surface area contributed by atoms with Gasteiger partial charge in [-0.05, 0) is 62.0 Å². The average Bonchev–Trinajstić information content (AvgIpc) is 3.55. The SMILES string of the molecule is C[C@]12C=CC(=O)C=C1[C@@H](F)C[C@H]1[C@@H]3C[C@H]4CN(c5ccc6c(c5)OCO6)O[C@@]4(C(=O)S)[C@@]3(C)C[C@H](O)[C@@]12F. The van der Waals surface area contributed by atoms with Crippen LogP contribution in [0, 0.1) is 28.6 Å². The number of carbonyl (C=O) groups is 2. The van der Waals surface area contributed by atoms with E-state index in [9.17, 15) is 14.7 Å². The maximum Gasteiger partial charge on any atom is 0.231 e. The number of benzene rings is 1. The van der Waals surface area contributed by atoms with Gasteiger partial charge in [-0.25, -0.2) is 8.78 Å². The normalized spacial score (nSPS) is 46.3. The summed E-state index contributed by atoms with van der Waals surface area (Å²) in [6.45, 7) is 3.88. The maximum atomic E-state index is 17.4. The van der Waals surface area contributed by atoms with E-state index in [1.165, 1.54) is 18.2 Å². The van der Waals surface area contributed by atoms with Gasteiger partial charge in [-0.3, -0.25) is 19.5 Å². The predicted octanol–water partition coefficient (Wildman–Crippen LogP) is 3.91. The first-order chi connectivity index (χ1) is 18.0. The van der Waals surface area contributed by atoms with Gasteiger partial charge in [0, 0.05) is 28.7 Å². The molecular weight excluding hydrogens is 516 g/mol. The highest BCUT2D eigenvalue weighted by molar-refractivity contribution is 7.96. The predicted molar refractivity (Wildman–Crippen MR) is 135 cm³/mol. The van der Waals surface area contributed by atoms with E-state index in [2.05, 4.69) is 12.6 Å². The summed E-state index contributed by atoms with van der Waals surface area (Å²) in [5.74, 6) is -0.880. The third-order valence-electron chi connectivity index (χ3n) is 10.6. The lowest BCUT2D eigenvalue weighted by molar-refractivity contribution is -0.225. The number of hydrogen-bond donors (Lipinski definition) is 2. The monoisotopic (exact) mass is 545 g/mol. The minimum Gasteiger partial charge on any atom is -0.454 e. The molecule has 202 valence electrons. The van der Waals surface area contributed by atoms with Crippen molar-refractivity contribution in [3.8, 4) is 11.5 Å². The number of aliphatic hydroxyl groups is 1. The number of halogens is 2. The lowest BCUT2D eigenvalue weighted by Crippen LogP contribution is -2.70. The van der Waals surface area contributed by atoms with Gasteiger partial charge in [0.25, 0.3) is 0 Å². The molecule has 0 amide bonds. The third kappa shape index (κ3) is 2.71. The van der Waals surface area contributed by atoms with Crippen molar-refractivity contribution in [2.24, 2.45) is 28.6 Å². The number of hydroxylamine groups is 1. The zero-order valence-corrected chi connectivity index (χ0v) is 21.9. The largest absolute Gasteiger partial charge is 0.454 e. The molecule has 9 atom stereocenters. The Morgan fingerprint density at radius 1 is 1.18 bits per heavy atom. The van der Waals surface area contributed by atoms with Gasteiger partial charge in [0.2, 0.25) is 11.9 Å². The standard InChI is InChI=1S/C28H29F2NO6S/c1-25-6-5-16(32)9-19(25)20(29)10-18-17-7-14-12-31(15-3-4-21-22(8-15)36-13-35-21)37-28(14,24(34)38)26(17,2)11-23(33)27(18,25)30/h3-6,8-9,14,17-18,20,23,33H,7,10-13H2,1-2H3,(H,34,38)/t14-,17-,18-,20-,23-,25-,26-,27-,28-/m0/s1. The molecule has 6 aliphatic rings. The summed E-state index contributed by atoms with van der Waals surface area (Å²) >= 11 is 4.29. The molecule has 1 saturated heterocycles. The number of fused-ring (bicyclic) bond motifs is 8. The minimum absolute atomic E-state index is 0.0654. The molecule has 1 aromatic carbocycles. The number of thiol groups is 1. The van der Waals surface area contributed by atoms with Crippen molar-refractivity contribution < 1.29 is 37.8 Å². The molecule has 0 bridgehead atoms. The fraction of sp³-hybridized carbons (Fsp3) is 0.571. The summed E-state index contributed by atoms with van der Waals surface area (Å²) in [6.07, 6.45) is 0.979. The number of carbonyl (C=O) groups excluding carboxylic acids is 2. The lowest BCUT2D eigenvalue weighted by Gasteiger charge is -2.63. The number of rotatable bonds is 2. The molecule has 0 aromatic heterocycles. The summed E-state index contributed by atoms with van der Waals surface area (Å²) in [5, 5.41) is 12.7. The zero-order valence-electron chi connectivity index (χ0n) is 21.0. The molecule has 0 spiro atoms. The molecule has 7 rings (SSSR count). The van der Waals surface area contributed by atoms with E-state index < -0.39 is 51.3 Å². The van der Waals surface area contributed by atoms with Crippen molar-refractivity contribution in [3.05, 3.63) is 42.0 Å². The van der Waals surface area contributed by atoms with E-state index in [1.807, 2.05) is 13.0 Å². The Labute approximate surface area is 224 Å². The fourth-order valence-corrected chi connectivity index (χ4v) is 9.28. The number of ketones is 1. The van der Waals surface area contributed by atoms with Crippen molar-refractivity contribution >= 4 is 29.2 Å². The highest BCUT2D eigenvalue weighted by Gasteiger charge is 2.79. The van der Waals surface area contributed by atoms with Crippen molar-refractivity contribution in [1.29, 1.82) is 0 Å². The van der Waals surface area contributed by atoms with Crippen LogP contribution in [0.15, 0.2) is 42.0 Å². The molecule has 0 radical (unpaired) electrons. The first-order valence-corrected chi connectivity index (χ1v) is 13.5. The van der Waals surface area contributed by atoms with Crippen LogP contribution in [0.1, 0.15) is 33.1 Å². The van der Waals surface area contributed by atoms with E-state index >= 15 is 8.78 Å². The number of hydrogen-bond acceptors (Lipinski definition) is 7. The number of aliphatic hydroxyl groups excluding tert-OH is 1. The van der Waals surface area contributed by atoms with Crippen LogP contribution in [0.5, 0.6) is 11.5 Å². The van der Waals surface area contributed by atoms with E-state index in [0.29, 0.717) is 30.2 Å². The first kappa shape index (κ1) is 24.6. The van der Waals surface area contributed by atoms with Crippen LogP contribution in [0.3, 0.4) is 0 Å². The van der Waals surface area contributed by atoms with Gasteiger partial charge in [-0.15, -0.1) is 12.6 Å². The quantitative estimate of drug-likeness (QED) is 0.546. The Bertz CT molecular complexity index is 1340. The number of alkyl halides is 2. The molecule has 0 unspecified atom stereocenters. The van der Waals surface area contributed by atoms with Gasteiger partial charge in [0.05, 0.1) is 18.3 Å². The van der Waals surface area contributed by atoms with Crippen molar-refractivity contribution in [3.63, 3.8) is 0 Å². The second-order valence-electron chi connectivity index (χ2n) is 12.0. The molecule has 2 heterocycles. The fourth-order valence-electron chi connectivity index (χ4n) is 8.80. The van der Waals surface area contributed by atoms with Crippen LogP contribution in [-0.2, 0) is 14.4 Å². The van der Waals surface area contributed by atoms with Crippen LogP contribution in [0.25, 0.3) is 0 Å². The summed E-state index contributed by atoms with van der Waals surface area (Å²) in [4.78, 5) is 31.9. The Morgan fingerprint density at radius 3 is 2.71 bits per heavy atom. The Morgan fingerprint density at radius 2 is 1.95 bits per heavy atom. The van der Waals surface area contributed by atoms with Crippen molar-refractivity contribution in [2.75, 3.05) is 18.4 Å². The van der Waals surface area contributed by atoms with Crippen LogP contribution >= 0.6 is 12.6 Å². The molecule has 7 nitrogen and oxygen atoms in total. The summed E-state index contributed by atoms with van der Waals surface area (Å²) in [6, 6.07) is 5.37. The molecule has 2 aliphatic heterocycles. The summed E-state index contributed by atoms with van der Waals surface area (Å²) < 4.78 is 44.0. The van der Waals surface area contributed by atoms with E-state index in [0.717, 1.165) is 0 Å². The first-order valence-electron chi connectivity index (χ1n) is 13.0. The molecule has 3 saturated carbocycles. The Balaban J connectivity index is 1.29. The van der Waals surface area contributed by atoms with Crippen LogP contribution in [0.4, 0.5) is 14.5 Å². The number of ether oxygens (including phenoxy) is 2. The van der Waals surface area contributed by atoms with Crippen molar-refractivity contribution in [1.82, 2.24) is 0 Å². The lowest BCUT2D eigenvalue weighted by atomic mass is 9.44. The highest BCUT2D eigenvalue weighted by Crippen LogP contribution is 2.73. The average molecular weight is 546 g/mol. The molecule has 4 aliphatic carbocycles.